The van der Waals surface area contributed by atoms with Gasteiger partial charge in [0.2, 0.25) is 0 Å². The van der Waals surface area contributed by atoms with E-state index >= 15 is 0 Å². The van der Waals surface area contributed by atoms with Crippen molar-refractivity contribution in [1.82, 2.24) is 4.98 Å². The number of carbonyl (C=O) groups excluding carboxylic acids is 1. The smallest absolute Gasteiger partial charge is 0.261 e. The molecule has 6 heteroatoms. The SMILES string of the molecule is Cc1c(CCOCCO)c[nH]c(=O)c1C(N)=O. The average molecular weight is 240 g/mol. The number of hydrogen-bond donors (Lipinski definition) is 3. The van der Waals surface area contributed by atoms with Gasteiger partial charge in [-0.15, -0.1) is 0 Å². The van der Waals surface area contributed by atoms with Crippen LogP contribution in [0.2, 0.25) is 0 Å². The number of H-pyrrole nitrogens is 1. The normalized spacial score (nSPS) is 10.5. The number of primary amides is 1. The summed E-state index contributed by atoms with van der Waals surface area (Å²) in [6.07, 6.45) is 2.09. The lowest BCUT2D eigenvalue weighted by Crippen LogP contribution is -2.26. The molecule has 4 N–H and O–H groups in total. The highest BCUT2D eigenvalue weighted by Gasteiger charge is 2.13. The number of aromatic amines is 1. The fourth-order valence-electron chi connectivity index (χ4n) is 1.57. The molecule has 0 radical (unpaired) electrons. The van der Waals surface area contributed by atoms with E-state index in [-0.39, 0.29) is 18.8 Å². The lowest BCUT2D eigenvalue weighted by Gasteiger charge is -2.08. The Balaban J connectivity index is 2.84. The third kappa shape index (κ3) is 3.40. The van der Waals surface area contributed by atoms with E-state index in [1.54, 1.807) is 13.1 Å². The summed E-state index contributed by atoms with van der Waals surface area (Å²) in [7, 11) is 0. The molecule has 94 valence electrons. The van der Waals surface area contributed by atoms with E-state index in [1.165, 1.54) is 0 Å². The van der Waals surface area contributed by atoms with Crippen LogP contribution in [0.15, 0.2) is 11.0 Å². The molecule has 0 aromatic carbocycles. The summed E-state index contributed by atoms with van der Waals surface area (Å²) in [6.45, 7) is 2.32. The number of nitrogens with two attached hydrogens (primary N) is 1. The molecular weight excluding hydrogens is 224 g/mol. The molecule has 6 nitrogen and oxygen atoms in total. The van der Waals surface area contributed by atoms with Gasteiger partial charge < -0.3 is 20.6 Å². The Morgan fingerprint density at radius 1 is 1.53 bits per heavy atom. The van der Waals surface area contributed by atoms with Gasteiger partial charge in [-0.2, -0.15) is 0 Å². The number of aromatic nitrogens is 1. The maximum absolute atomic E-state index is 11.4. The van der Waals surface area contributed by atoms with Crippen molar-refractivity contribution in [3.63, 3.8) is 0 Å². The van der Waals surface area contributed by atoms with Crippen LogP contribution in [0.25, 0.3) is 0 Å². The highest BCUT2D eigenvalue weighted by Crippen LogP contribution is 2.09. The zero-order valence-corrected chi connectivity index (χ0v) is 9.66. The van der Waals surface area contributed by atoms with Crippen LogP contribution in [-0.4, -0.2) is 35.8 Å². The average Bonchev–Trinajstić information content (AvgIpc) is 2.26. The van der Waals surface area contributed by atoms with Crippen LogP contribution in [0, 0.1) is 6.92 Å². The number of nitrogens with one attached hydrogen (secondary N) is 1. The van der Waals surface area contributed by atoms with E-state index in [2.05, 4.69) is 4.98 Å². The largest absolute Gasteiger partial charge is 0.394 e. The lowest BCUT2D eigenvalue weighted by atomic mass is 10.0. The standard InChI is InChI=1S/C11H16N2O4/c1-7-8(2-4-17-5-3-14)6-13-11(16)9(7)10(12)15/h6,14H,2-5H2,1H3,(H2,12,15)(H,13,16). The molecule has 1 rings (SSSR count). The molecule has 1 heterocycles. The van der Waals surface area contributed by atoms with E-state index in [1.807, 2.05) is 0 Å². The Morgan fingerprint density at radius 2 is 2.24 bits per heavy atom. The predicted octanol–water partition coefficient (Wildman–Crippen LogP) is -0.666. The zero-order chi connectivity index (χ0) is 12.8. The summed E-state index contributed by atoms with van der Waals surface area (Å²) >= 11 is 0. The van der Waals surface area contributed by atoms with Gasteiger partial charge in [-0.25, -0.2) is 0 Å². The fourth-order valence-corrected chi connectivity index (χ4v) is 1.57. The summed E-state index contributed by atoms with van der Waals surface area (Å²) in [5.74, 6) is -0.734. The molecule has 0 aliphatic heterocycles. The summed E-state index contributed by atoms with van der Waals surface area (Å²) in [5.41, 5.74) is 6.03. The molecular formula is C11H16N2O4. The van der Waals surface area contributed by atoms with Gasteiger partial charge in [0.25, 0.3) is 11.5 Å². The van der Waals surface area contributed by atoms with Crippen molar-refractivity contribution in [2.75, 3.05) is 19.8 Å². The third-order valence-electron chi connectivity index (χ3n) is 2.46. The molecule has 0 unspecified atom stereocenters. The number of rotatable bonds is 6. The number of aliphatic hydroxyl groups excluding tert-OH is 1. The minimum absolute atomic E-state index is 0.00958. The van der Waals surface area contributed by atoms with Gasteiger partial charge in [0.15, 0.2) is 0 Å². The van der Waals surface area contributed by atoms with E-state index < -0.39 is 11.5 Å². The zero-order valence-electron chi connectivity index (χ0n) is 9.66. The molecule has 1 amide bonds. The van der Waals surface area contributed by atoms with Crippen LogP contribution >= 0.6 is 0 Å². The highest BCUT2D eigenvalue weighted by molar-refractivity contribution is 5.94. The van der Waals surface area contributed by atoms with Crippen molar-refractivity contribution in [2.24, 2.45) is 5.73 Å². The second-order valence-corrected chi connectivity index (χ2v) is 3.59. The number of ether oxygens (including phenoxy) is 1. The third-order valence-corrected chi connectivity index (χ3v) is 2.46. The molecule has 0 bridgehead atoms. The summed E-state index contributed by atoms with van der Waals surface area (Å²) in [4.78, 5) is 25.0. The van der Waals surface area contributed by atoms with Crippen molar-refractivity contribution in [2.45, 2.75) is 13.3 Å². The first kappa shape index (κ1) is 13.4. The van der Waals surface area contributed by atoms with E-state index in [4.69, 9.17) is 15.6 Å². The number of pyridine rings is 1. The molecule has 0 saturated heterocycles. The van der Waals surface area contributed by atoms with Crippen LogP contribution < -0.4 is 11.3 Å². The molecule has 0 fully saturated rings. The first-order valence-electron chi connectivity index (χ1n) is 5.27. The first-order valence-corrected chi connectivity index (χ1v) is 5.27. The van der Waals surface area contributed by atoms with Crippen molar-refractivity contribution in [1.29, 1.82) is 0 Å². The van der Waals surface area contributed by atoms with Crippen LogP contribution in [0.3, 0.4) is 0 Å². The highest BCUT2D eigenvalue weighted by atomic mass is 16.5. The van der Waals surface area contributed by atoms with Gasteiger partial charge in [0, 0.05) is 6.20 Å². The maximum Gasteiger partial charge on any atom is 0.261 e. The van der Waals surface area contributed by atoms with E-state index in [9.17, 15) is 9.59 Å². The second kappa shape index (κ2) is 6.17. The second-order valence-electron chi connectivity index (χ2n) is 3.59. The van der Waals surface area contributed by atoms with Gasteiger partial charge in [-0.1, -0.05) is 0 Å². The summed E-state index contributed by atoms with van der Waals surface area (Å²) in [6, 6.07) is 0. The molecule has 0 aliphatic carbocycles. The van der Waals surface area contributed by atoms with Crippen molar-refractivity contribution < 1.29 is 14.6 Å². The van der Waals surface area contributed by atoms with Crippen LogP contribution in [0.5, 0.6) is 0 Å². The fraction of sp³-hybridized carbons (Fsp3) is 0.455. The molecule has 17 heavy (non-hydrogen) atoms. The molecule has 1 aromatic rings. The Kier molecular flexibility index (Phi) is 4.86. The molecule has 1 aromatic heterocycles. The lowest BCUT2D eigenvalue weighted by molar-refractivity contribution is 0.0942. The van der Waals surface area contributed by atoms with Crippen LogP contribution in [0.1, 0.15) is 21.5 Å². The Morgan fingerprint density at radius 3 is 2.82 bits per heavy atom. The maximum atomic E-state index is 11.4. The Hall–Kier alpha value is -1.66. The molecule has 0 aliphatic rings. The number of hydrogen-bond acceptors (Lipinski definition) is 4. The van der Waals surface area contributed by atoms with E-state index in [0.717, 1.165) is 5.56 Å². The van der Waals surface area contributed by atoms with Gasteiger partial charge in [0.05, 0.1) is 19.8 Å². The molecule has 0 spiro atoms. The van der Waals surface area contributed by atoms with Gasteiger partial charge in [-0.05, 0) is 24.5 Å². The number of amides is 1. The van der Waals surface area contributed by atoms with Crippen molar-refractivity contribution in [3.8, 4) is 0 Å². The van der Waals surface area contributed by atoms with E-state index in [0.29, 0.717) is 18.6 Å². The summed E-state index contributed by atoms with van der Waals surface area (Å²) < 4.78 is 5.11. The van der Waals surface area contributed by atoms with Gasteiger partial charge in [-0.3, -0.25) is 9.59 Å². The molecule has 0 saturated carbocycles. The Labute approximate surface area is 98.4 Å². The number of carbonyl (C=O) groups is 1. The topological polar surface area (TPSA) is 105 Å². The minimum atomic E-state index is -0.734. The van der Waals surface area contributed by atoms with Crippen molar-refractivity contribution >= 4 is 5.91 Å². The summed E-state index contributed by atoms with van der Waals surface area (Å²) in [5, 5.41) is 8.54. The van der Waals surface area contributed by atoms with Gasteiger partial charge >= 0.3 is 0 Å². The first-order chi connectivity index (χ1) is 8.07. The Bertz CT molecular complexity index is 453. The van der Waals surface area contributed by atoms with Gasteiger partial charge in [0.1, 0.15) is 5.56 Å². The quantitative estimate of drug-likeness (QED) is 0.573. The number of aliphatic hydroxyl groups is 1. The van der Waals surface area contributed by atoms with Crippen LogP contribution in [0.4, 0.5) is 0 Å². The molecule has 0 atom stereocenters. The predicted molar refractivity (Wildman–Crippen MR) is 61.9 cm³/mol. The van der Waals surface area contributed by atoms with Crippen LogP contribution in [-0.2, 0) is 11.2 Å². The monoisotopic (exact) mass is 240 g/mol. The van der Waals surface area contributed by atoms with Crippen molar-refractivity contribution in [3.05, 3.63) is 33.2 Å². The minimum Gasteiger partial charge on any atom is -0.394 e.